The minimum atomic E-state index is -0.0541. The number of carbonyl (C=O) groups is 1. The molecule has 144 valence electrons. The fourth-order valence-electron chi connectivity index (χ4n) is 4.44. The first-order valence-corrected chi connectivity index (χ1v) is 10.5. The maximum atomic E-state index is 12.4. The summed E-state index contributed by atoms with van der Waals surface area (Å²) < 4.78 is 2.06. The van der Waals surface area contributed by atoms with Crippen molar-refractivity contribution in [1.29, 1.82) is 0 Å². The lowest BCUT2D eigenvalue weighted by Crippen LogP contribution is -2.42. The predicted molar refractivity (Wildman–Crippen MR) is 107 cm³/mol. The summed E-state index contributed by atoms with van der Waals surface area (Å²) in [7, 11) is 0. The summed E-state index contributed by atoms with van der Waals surface area (Å²) >= 11 is 0. The quantitative estimate of drug-likeness (QED) is 0.849. The summed E-state index contributed by atoms with van der Waals surface area (Å²) in [5.41, 5.74) is 4.74. The maximum absolute atomic E-state index is 12.4. The van der Waals surface area contributed by atoms with Gasteiger partial charge in [0.05, 0.1) is 17.9 Å². The van der Waals surface area contributed by atoms with E-state index in [1.165, 1.54) is 49.8 Å². The van der Waals surface area contributed by atoms with E-state index in [9.17, 15) is 4.79 Å². The molecule has 1 aromatic heterocycles. The van der Waals surface area contributed by atoms with Gasteiger partial charge in [-0.05, 0) is 49.8 Å². The normalized spacial score (nSPS) is 17.8. The Morgan fingerprint density at radius 2 is 1.74 bits per heavy atom. The molecule has 1 heterocycles. The molecule has 0 bridgehead atoms. The van der Waals surface area contributed by atoms with Gasteiger partial charge in [0.2, 0.25) is 0 Å². The number of hydrogen-bond acceptors (Lipinski definition) is 2. The van der Waals surface area contributed by atoms with Gasteiger partial charge in [0.1, 0.15) is 0 Å². The van der Waals surface area contributed by atoms with Crippen LogP contribution >= 0.6 is 0 Å². The number of nitrogens with zero attached hydrogens (tertiary/aromatic N) is 2. The fourth-order valence-corrected chi connectivity index (χ4v) is 4.44. The van der Waals surface area contributed by atoms with Crippen molar-refractivity contribution in [3.8, 4) is 5.69 Å². The number of amides is 2. The molecule has 0 atom stereocenters. The van der Waals surface area contributed by atoms with Crippen molar-refractivity contribution < 1.29 is 4.79 Å². The van der Waals surface area contributed by atoms with Gasteiger partial charge >= 0.3 is 6.03 Å². The Morgan fingerprint density at radius 1 is 1.00 bits per heavy atom. The average Bonchev–Trinajstić information content (AvgIpc) is 3.26. The SMILES string of the molecule is O=C(NCc1nn(-c2ccccc2)c2c1CCC2)NC1CCCCCCC1. The monoisotopic (exact) mass is 366 g/mol. The molecule has 0 unspecified atom stereocenters. The molecule has 5 nitrogen and oxygen atoms in total. The summed E-state index contributed by atoms with van der Waals surface area (Å²) in [6.45, 7) is 0.501. The largest absolute Gasteiger partial charge is 0.335 e. The van der Waals surface area contributed by atoms with E-state index < -0.39 is 0 Å². The Kier molecular flexibility index (Phi) is 5.75. The highest BCUT2D eigenvalue weighted by molar-refractivity contribution is 5.74. The van der Waals surface area contributed by atoms with Crippen LogP contribution in [0.2, 0.25) is 0 Å². The van der Waals surface area contributed by atoms with Gasteiger partial charge < -0.3 is 10.6 Å². The van der Waals surface area contributed by atoms with E-state index in [4.69, 9.17) is 5.10 Å². The number of fused-ring (bicyclic) bond motifs is 1. The number of para-hydroxylation sites is 1. The summed E-state index contributed by atoms with van der Waals surface area (Å²) in [5.74, 6) is 0. The number of aromatic nitrogens is 2. The van der Waals surface area contributed by atoms with Crippen LogP contribution < -0.4 is 10.6 Å². The number of benzene rings is 1. The molecule has 5 heteroatoms. The second-order valence-electron chi connectivity index (χ2n) is 7.84. The minimum Gasteiger partial charge on any atom is -0.335 e. The molecule has 27 heavy (non-hydrogen) atoms. The Morgan fingerprint density at radius 3 is 2.52 bits per heavy atom. The summed E-state index contributed by atoms with van der Waals surface area (Å²) in [5, 5.41) is 11.1. The third-order valence-electron chi connectivity index (χ3n) is 5.87. The number of rotatable bonds is 4. The Bertz CT molecular complexity index is 760. The molecular weight excluding hydrogens is 336 g/mol. The van der Waals surface area contributed by atoms with Gasteiger partial charge in [0.15, 0.2) is 0 Å². The van der Waals surface area contributed by atoms with Crippen molar-refractivity contribution in [2.45, 2.75) is 76.8 Å². The summed E-state index contributed by atoms with van der Waals surface area (Å²) in [4.78, 5) is 12.4. The van der Waals surface area contributed by atoms with Gasteiger partial charge in [-0.3, -0.25) is 0 Å². The van der Waals surface area contributed by atoms with Gasteiger partial charge in [-0.15, -0.1) is 0 Å². The fraction of sp³-hybridized carbons (Fsp3) is 0.545. The maximum Gasteiger partial charge on any atom is 0.315 e. The molecule has 4 rings (SSSR count). The molecule has 1 aromatic carbocycles. The molecule has 2 N–H and O–H groups in total. The Labute approximate surface area is 161 Å². The average molecular weight is 367 g/mol. The second kappa shape index (κ2) is 8.59. The van der Waals surface area contributed by atoms with E-state index in [2.05, 4.69) is 27.4 Å². The molecule has 0 spiro atoms. The minimum absolute atomic E-state index is 0.0541. The van der Waals surface area contributed by atoms with Crippen LogP contribution in [0.3, 0.4) is 0 Å². The van der Waals surface area contributed by atoms with Crippen LogP contribution in [-0.4, -0.2) is 21.9 Å². The molecule has 2 aromatic rings. The first-order chi connectivity index (χ1) is 13.3. The first kappa shape index (κ1) is 18.1. The van der Waals surface area contributed by atoms with Crippen molar-refractivity contribution in [3.05, 3.63) is 47.3 Å². The highest BCUT2D eigenvalue weighted by Gasteiger charge is 2.23. The highest BCUT2D eigenvalue weighted by Crippen LogP contribution is 2.27. The van der Waals surface area contributed by atoms with E-state index >= 15 is 0 Å². The van der Waals surface area contributed by atoms with Gasteiger partial charge in [0, 0.05) is 11.7 Å². The lowest BCUT2D eigenvalue weighted by atomic mass is 9.97. The van der Waals surface area contributed by atoms with E-state index in [1.54, 1.807) is 0 Å². The molecule has 0 aliphatic heterocycles. The van der Waals surface area contributed by atoms with Crippen molar-refractivity contribution in [3.63, 3.8) is 0 Å². The lowest BCUT2D eigenvalue weighted by Gasteiger charge is -2.21. The van der Waals surface area contributed by atoms with Crippen LogP contribution in [0.25, 0.3) is 5.69 Å². The third-order valence-corrected chi connectivity index (χ3v) is 5.87. The van der Waals surface area contributed by atoms with Crippen molar-refractivity contribution in [2.75, 3.05) is 0 Å². The Hall–Kier alpha value is -2.30. The molecule has 2 amide bonds. The highest BCUT2D eigenvalue weighted by atomic mass is 16.2. The lowest BCUT2D eigenvalue weighted by molar-refractivity contribution is 0.233. The van der Waals surface area contributed by atoms with E-state index in [0.29, 0.717) is 12.6 Å². The third kappa shape index (κ3) is 4.34. The van der Waals surface area contributed by atoms with Crippen LogP contribution in [0.15, 0.2) is 30.3 Å². The zero-order chi connectivity index (χ0) is 18.5. The molecule has 0 saturated heterocycles. The van der Waals surface area contributed by atoms with E-state index in [-0.39, 0.29) is 6.03 Å². The number of carbonyl (C=O) groups excluding carboxylic acids is 1. The van der Waals surface area contributed by atoms with E-state index in [0.717, 1.165) is 37.1 Å². The van der Waals surface area contributed by atoms with Gasteiger partial charge in [0.25, 0.3) is 0 Å². The van der Waals surface area contributed by atoms with Crippen LogP contribution in [0, 0.1) is 0 Å². The molecule has 2 aliphatic carbocycles. The molecular formula is C22H30N4O. The zero-order valence-electron chi connectivity index (χ0n) is 16.0. The number of hydrogen-bond donors (Lipinski definition) is 2. The topological polar surface area (TPSA) is 59.0 Å². The molecule has 1 saturated carbocycles. The molecule has 0 radical (unpaired) electrons. The number of urea groups is 1. The van der Waals surface area contributed by atoms with Crippen LogP contribution in [0.1, 0.15) is 68.3 Å². The zero-order valence-corrected chi connectivity index (χ0v) is 16.0. The first-order valence-electron chi connectivity index (χ1n) is 10.5. The van der Waals surface area contributed by atoms with Crippen LogP contribution in [0.5, 0.6) is 0 Å². The van der Waals surface area contributed by atoms with Gasteiger partial charge in [-0.25, -0.2) is 9.48 Å². The molecule has 2 aliphatic rings. The smallest absolute Gasteiger partial charge is 0.315 e. The van der Waals surface area contributed by atoms with Crippen LogP contribution in [-0.2, 0) is 19.4 Å². The van der Waals surface area contributed by atoms with Crippen molar-refractivity contribution in [1.82, 2.24) is 20.4 Å². The summed E-state index contributed by atoms with van der Waals surface area (Å²) in [6.07, 6.45) is 11.9. The molecule has 1 fully saturated rings. The van der Waals surface area contributed by atoms with E-state index in [1.807, 2.05) is 18.2 Å². The Balaban J connectivity index is 1.39. The second-order valence-corrected chi connectivity index (χ2v) is 7.84. The predicted octanol–water partition coefficient (Wildman–Crippen LogP) is 4.27. The van der Waals surface area contributed by atoms with Gasteiger partial charge in [-0.1, -0.05) is 50.3 Å². The van der Waals surface area contributed by atoms with Gasteiger partial charge in [-0.2, -0.15) is 5.10 Å². The summed E-state index contributed by atoms with van der Waals surface area (Å²) in [6, 6.07) is 10.5. The van der Waals surface area contributed by atoms with Crippen LogP contribution in [0.4, 0.5) is 4.79 Å². The standard InChI is InChI=1S/C22H30N4O/c27-22(24-17-10-5-2-1-3-6-11-17)23-16-20-19-14-9-15-21(19)26(25-20)18-12-7-4-8-13-18/h4,7-8,12-13,17H,1-3,5-6,9-11,14-16H2,(H2,23,24,27). The van der Waals surface area contributed by atoms with Crippen molar-refractivity contribution >= 4 is 6.03 Å². The van der Waals surface area contributed by atoms with Crippen molar-refractivity contribution in [2.24, 2.45) is 0 Å². The number of nitrogens with one attached hydrogen (secondary N) is 2.